The van der Waals surface area contributed by atoms with Crippen LogP contribution in [0, 0.1) is 0 Å². The third-order valence-electron chi connectivity index (χ3n) is 9.68. The molecule has 1 atom stereocenters. The monoisotopic (exact) mass is 559 g/mol. The van der Waals surface area contributed by atoms with Crippen molar-refractivity contribution in [2.45, 2.75) is 45.2 Å². The number of hydrogen-bond acceptors (Lipinski definition) is 1. The fourth-order valence-corrected chi connectivity index (χ4v) is 7.91. The van der Waals surface area contributed by atoms with E-state index in [0.717, 1.165) is 27.6 Å². The topological polar surface area (TPSA) is 25.8 Å². The summed E-state index contributed by atoms with van der Waals surface area (Å²) in [5, 5.41) is 2.31. The molecule has 0 saturated carbocycles. The smallest absolute Gasteiger partial charge is 0.364 e. The number of fused-ring (bicyclic) bond motifs is 14. The summed E-state index contributed by atoms with van der Waals surface area (Å²) in [7, 11) is 0. The van der Waals surface area contributed by atoms with Crippen LogP contribution in [0.4, 0.5) is 0 Å². The van der Waals surface area contributed by atoms with Crippen molar-refractivity contribution in [1.82, 2.24) is 4.57 Å². The Morgan fingerprint density at radius 1 is 0.651 bits per heavy atom. The Hall–Kier alpha value is -4.96. The predicted molar refractivity (Wildman–Crippen MR) is 171 cm³/mol. The van der Waals surface area contributed by atoms with Crippen molar-refractivity contribution in [3.63, 3.8) is 0 Å². The first-order valence-corrected chi connectivity index (χ1v) is 15.3. The quantitative estimate of drug-likeness (QED) is 0.199. The highest BCUT2D eigenvalue weighted by Gasteiger charge is 2.65. The number of hydrogen-bond donors (Lipinski definition) is 0. The SMILES string of the molecule is CC(C)c1cccc(C(C)C)c1-n1cc[n+]2c1-c1ccccc1C21c2ccc3c(oc4ccccc43)c2-c2cccc[n+]21. The van der Waals surface area contributed by atoms with E-state index in [1.807, 2.05) is 6.07 Å². The second-order valence-corrected chi connectivity index (χ2v) is 12.6. The molecule has 4 heteroatoms. The highest BCUT2D eigenvalue weighted by Crippen LogP contribution is 2.50. The molecule has 7 aromatic rings. The van der Waals surface area contributed by atoms with Crippen LogP contribution in [0.25, 0.3) is 50.3 Å². The van der Waals surface area contributed by atoms with Gasteiger partial charge in [0.1, 0.15) is 34.8 Å². The first kappa shape index (κ1) is 24.6. The van der Waals surface area contributed by atoms with Crippen molar-refractivity contribution < 1.29 is 13.6 Å². The van der Waals surface area contributed by atoms with E-state index in [9.17, 15) is 0 Å². The van der Waals surface area contributed by atoms with Crippen molar-refractivity contribution in [2.75, 3.05) is 0 Å². The summed E-state index contributed by atoms with van der Waals surface area (Å²) in [5.74, 6) is 1.99. The molecular formula is C39H33N3O+2. The molecule has 0 aliphatic carbocycles. The molecule has 0 fully saturated rings. The summed E-state index contributed by atoms with van der Waals surface area (Å²) in [6.45, 7) is 9.20. The lowest BCUT2D eigenvalue weighted by molar-refractivity contribution is -0.954. The normalized spacial score (nSPS) is 16.4. The Morgan fingerprint density at radius 2 is 1.40 bits per heavy atom. The summed E-state index contributed by atoms with van der Waals surface area (Å²) in [5.41, 5.74) is 11.4. The Kier molecular flexibility index (Phi) is 4.89. The third kappa shape index (κ3) is 2.96. The van der Waals surface area contributed by atoms with Crippen LogP contribution in [0.5, 0.6) is 0 Å². The van der Waals surface area contributed by atoms with Gasteiger partial charge in [0.2, 0.25) is 5.69 Å². The number of pyridine rings is 1. The molecule has 0 N–H and O–H groups in total. The van der Waals surface area contributed by atoms with Crippen LogP contribution in [0.2, 0.25) is 0 Å². The van der Waals surface area contributed by atoms with Gasteiger partial charge in [0.05, 0.1) is 16.7 Å². The average molecular weight is 560 g/mol. The van der Waals surface area contributed by atoms with E-state index in [1.54, 1.807) is 0 Å². The number of imidazole rings is 1. The molecule has 9 rings (SSSR count). The molecular weight excluding hydrogens is 526 g/mol. The van der Waals surface area contributed by atoms with Crippen LogP contribution in [0.15, 0.2) is 120 Å². The van der Waals surface area contributed by atoms with Crippen molar-refractivity contribution in [1.29, 1.82) is 0 Å². The molecule has 1 spiro atoms. The summed E-state index contributed by atoms with van der Waals surface area (Å²) < 4.78 is 14.1. The molecule has 3 aromatic heterocycles. The molecule has 4 nitrogen and oxygen atoms in total. The van der Waals surface area contributed by atoms with Crippen molar-refractivity contribution in [3.8, 4) is 28.3 Å². The van der Waals surface area contributed by atoms with E-state index in [2.05, 4.69) is 151 Å². The molecule has 0 amide bonds. The van der Waals surface area contributed by atoms with Gasteiger partial charge in [-0.2, -0.15) is 9.13 Å². The van der Waals surface area contributed by atoms with E-state index in [1.165, 1.54) is 44.9 Å². The minimum atomic E-state index is -0.582. The van der Waals surface area contributed by atoms with E-state index >= 15 is 0 Å². The lowest BCUT2D eigenvalue weighted by Gasteiger charge is -2.19. The largest absolute Gasteiger partial charge is 0.455 e. The molecule has 0 radical (unpaired) electrons. The molecule has 208 valence electrons. The van der Waals surface area contributed by atoms with E-state index in [4.69, 9.17) is 4.42 Å². The maximum Gasteiger partial charge on any atom is 0.364 e. The van der Waals surface area contributed by atoms with Gasteiger partial charge in [-0.1, -0.05) is 76.2 Å². The third-order valence-corrected chi connectivity index (χ3v) is 9.68. The molecule has 1 unspecified atom stereocenters. The van der Waals surface area contributed by atoms with Gasteiger partial charge in [-0.3, -0.25) is 0 Å². The van der Waals surface area contributed by atoms with Crippen molar-refractivity contribution in [2.24, 2.45) is 0 Å². The van der Waals surface area contributed by atoms with Crippen LogP contribution in [0.3, 0.4) is 0 Å². The molecule has 43 heavy (non-hydrogen) atoms. The van der Waals surface area contributed by atoms with Gasteiger partial charge in [0, 0.05) is 34.0 Å². The zero-order valence-electron chi connectivity index (χ0n) is 24.9. The number of rotatable bonds is 3. The number of nitrogens with zero attached hydrogens (tertiary/aromatic N) is 3. The maximum absolute atomic E-state index is 6.66. The van der Waals surface area contributed by atoms with Gasteiger partial charge in [-0.25, -0.2) is 0 Å². The number of furan rings is 1. The second-order valence-electron chi connectivity index (χ2n) is 12.6. The van der Waals surface area contributed by atoms with Gasteiger partial charge < -0.3 is 4.42 Å². The van der Waals surface area contributed by atoms with E-state index < -0.39 is 5.66 Å². The Balaban J connectivity index is 1.43. The van der Waals surface area contributed by atoms with Crippen LogP contribution < -0.4 is 9.13 Å². The zero-order valence-corrected chi connectivity index (χ0v) is 24.9. The summed E-state index contributed by atoms with van der Waals surface area (Å²) in [4.78, 5) is 0. The van der Waals surface area contributed by atoms with Crippen molar-refractivity contribution >= 4 is 21.9 Å². The standard InChI is InChI=1S/C39H33N3O/c1-24(2)26-14-11-15-27(25(3)4)36(26)40-22-23-42-38(40)30-13-5-7-16-31(30)39(42)32-20-19-29-28-12-6-8-18-34(28)43-37(29)35(32)33-17-9-10-21-41(33)39/h5-25H,1-4H3/q+2. The van der Waals surface area contributed by atoms with Gasteiger partial charge in [-0.15, -0.1) is 4.57 Å². The van der Waals surface area contributed by atoms with Crippen LogP contribution in [-0.2, 0) is 5.66 Å². The highest BCUT2D eigenvalue weighted by atomic mass is 16.3. The summed E-state index contributed by atoms with van der Waals surface area (Å²) in [6, 6.07) is 35.3. The summed E-state index contributed by atoms with van der Waals surface area (Å²) >= 11 is 0. The molecule has 0 bridgehead atoms. The fourth-order valence-electron chi connectivity index (χ4n) is 7.91. The molecule has 2 aliphatic rings. The van der Waals surface area contributed by atoms with Crippen LogP contribution in [0.1, 0.15) is 61.8 Å². The van der Waals surface area contributed by atoms with Crippen molar-refractivity contribution in [3.05, 3.63) is 138 Å². The maximum atomic E-state index is 6.66. The first-order valence-electron chi connectivity index (χ1n) is 15.3. The number of aromatic nitrogens is 3. The Labute approximate surface area is 251 Å². The van der Waals surface area contributed by atoms with Gasteiger partial charge in [-0.05, 0) is 48.2 Å². The second kappa shape index (κ2) is 8.54. The Bertz CT molecular complexity index is 2240. The Morgan fingerprint density at radius 3 is 2.21 bits per heavy atom. The highest BCUT2D eigenvalue weighted by molar-refractivity contribution is 6.10. The van der Waals surface area contributed by atoms with Crippen LogP contribution >= 0.6 is 0 Å². The predicted octanol–water partition coefficient (Wildman–Crippen LogP) is 8.46. The van der Waals surface area contributed by atoms with Crippen LogP contribution in [-0.4, -0.2) is 4.57 Å². The lowest BCUT2D eigenvalue weighted by Crippen LogP contribution is -2.71. The minimum absolute atomic E-state index is 0.394. The van der Waals surface area contributed by atoms with Gasteiger partial charge in [0.25, 0.3) is 0 Å². The molecule has 0 saturated heterocycles. The van der Waals surface area contributed by atoms with E-state index in [-0.39, 0.29) is 0 Å². The van der Waals surface area contributed by atoms with Gasteiger partial charge >= 0.3 is 11.5 Å². The first-order chi connectivity index (χ1) is 21.0. The number of benzene rings is 4. The number of para-hydroxylation sites is 2. The van der Waals surface area contributed by atoms with E-state index in [0.29, 0.717) is 11.8 Å². The fraction of sp³-hybridized carbons (Fsp3) is 0.179. The molecule has 5 heterocycles. The average Bonchev–Trinajstić information content (AvgIpc) is 3.76. The molecule has 4 aromatic carbocycles. The lowest BCUT2D eigenvalue weighted by atomic mass is 9.89. The zero-order chi connectivity index (χ0) is 29.0. The molecule has 2 aliphatic heterocycles. The minimum Gasteiger partial charge on any atom is -0.455 e. The summed E-state index contributed by atoms with van der Waals surface area (Å²) in [6.07, 6.45) is 6.81. The van der Waals surface area contributed by atoms with Gasteiger partial charge in [0.15, 0.2) is 6.20 Å².